The summed E-state index contributed by atoms with van der Waals surface area (Å²) < 4.78 is 6.18. The number of hydrogen-bond acceptors (Lipinski definition) is 3. The van der Waals surface area contributed by atoms with E-state index in [1.54, 1.807) is 0 Å². The van der Waals surface area contributed by atoms with Crippen molar-refractivity contribution in [2.75, 3.05) is 19.8 Å². The van der Waals surface area contributed by atoms with Crippen LogP contribution in [0.3, 0.4) is 0 Å². The van der Waals surface area contributed by atoms with Gasteiger partial charge in [0, 0.05) is 17.6 Å². The Morgan fingerprint density at radius 3 is 1.89 bits per heavy atom. The molecule has 4 heteroatoms. The van der Waals surface area contributed by atoms with E-state index < -0.39 is 0 Å². The first-order chi connectivity index (χ1) is 12.2. The van der Waals surface area contributed by atoms with Gasteiger partial charge in [-0.05, 0) is 109 Å². The van der Waals surface area contributed by atoms with Crippen LogP contribution in [0, 0.1) is 23.2 Å². The number of aliphatic hydroxyl groups is 1. The van der Waals surface area contributed by atoms with E-state index in [4.69, 9.17) is 4.74 Å². The number of hydrogen-bond donors (Lipinski definition) is 1. The maximum absolute atomic E-state index is 10.7. The van der Waals surface area contributed by atoms with Crippen LogP contribution in [0.2, 0.25) is 0 Å². The number of rotatable bonds is 6. The number of aliphatic hydroxyl groups excluding tert-OH is 1. The van der Waals surface area contributed by atoms with E-state index >= 15 is 0 Å². The van der Waals surface area contributed by atoms with Crippen molar-refractivity contribution >= 4 is 12.4 Å². The highest BCUT2D eigenvalue weighted by atomic mass is 35.5. The fraction of sp³-hybridized carbons (Fsp3) is 1.00. The van der Waals surface area contributed by atoms with E-state index in [1.807, 2.05) is 0 Å². The lowest BCUT2D eigenvalue weighted by atomic mass is 9.50. The molecule has 3 nitrogen and oxygen atoms in total. The summed E-state index contributed by atoms with van der Waals surface area (Å²) in [7, 11) is 0. The first-order valence-electron chi connectivity index (χ1n) is 11.2. The van der Waals surface area contributed by atoms with E-state index in [0.29, 0.717) is 12.0 Å². The Bertz CT molecular complexity index is 467. The lowest BCUT2D eigenvalue weighted by molar-refractivity contribution is -0.114. The predicted molar refractivity (Wildman–Crippen MR) is 113 cm³/mol. The van der Waals surface area contributed by atoms with Gasteiger partial charge in [0.05, 0.1) is 19.3 Å². The molecule has 4 saturated carbocycles. The number of ether oxygens (including phenoxy) is 1. The number of halogens is 1. The van der Waals surface area contributed by atoms with Crippen LogP contribution in [0.5, 0.6) is 0 Å². The normalized spacial score (nSPS) is 40.6. The highest BCUT2D eigenvalue weighted by Gasteiger charge is 2.51. The summed E-state index contributed by atoms with van der Waals surface area (Å²) in [5, 5.41) is 10.7. The van der Waals surface area contributed by atoms with E-state index in [-0.39, 0.29) is 29.6 Å². The molecule has 0 spiro atoms. The van der Waals surface area contributed by atoms with Crippen molar-refractivity contribution in [2.24, 2.45) is 23.2 Å². The van der Waals surface area contributed by atoms with Crippen LogP contribution >= 0.6 is 12.4 Å². The number of β-amino-alcohol motifs (C(OH)–C–C–N with tert-alkyl or cyclic N) is 1. The van der Waals surface area contributed by atoms with Gasteiger partial charge >= 0.3 is 0 Å². The molecular formula is C23H42ClNO2. The van der Waals surface area contributed by atoms with Crippen molar-refractivity contribution in [3.05, 3.63) is 0 Å². The largest absolute Gasteiger partial charge is 0.389 e. The van der Waals surface area contributed by atoms with Gasteiger partial charge < -0.3 is 9.84 Å². The number of likely N-dealkylation sites (tertiary alicyclic amines) is 1. The lowest BCUT2D eigenvalue weighted by Gasteiger charge is -2.56. The highest BCUT2D eigenvalue weighted by Crippen LogP contribution is 2.60. The molecule has 0 aromatic carbocycles. The molecular weight excluding hydrogens is 358 g/mol. The summed E-state index contributed by atoms with van der Waals surface area (Å²) in [6.07, 6.45) is 12.0. The molecule has 5 aliphatic rings. The number of nitrogens with zero attached hydrogens (tertiary/aromatic N) is 1. The summed E-state index contributed by atoms with van der Waals surface area (Å²) in [6.45, 7) is 11.5. The maximum atomic E-state index is 10.7. The van der Waals surface area contributed by atoms with Crippen LogP contribution in [0.15, 0.2) is 0 Å². The molecule has 0 amide bonds. The van der Waals surface area contributed by atoms with Crippen LogP contribution in [-0.4, -0.2) is 46.9 Å². The van der Waals surface area contributed by atoms with Crippen LogP contribution in [-0.2, 0) is 4.74 Å². The fourth-order valence-electron chi connectivity index (χ4n) is 7.68. The van der Waals surface area contributed by atoms with E-state index in [2.05, 4.69) is 32.6 Å². The van der Waals surface area contributed by atoms with Crippen LogP contribution < -0.4 is 0 Å². The second-order valence-electron chi connectivity index (χ2n) is 11.7. The first-order valence-corrected chi connectivity index (χ1v) is 11.2. The van der Waals surface area contributed by atoms with Crippen molar-refractivity contribution in [1.29, 1.82) is 0 Å². The first kappa shape index (κ1) is 21.9. The van der Waals surface area contributed by atoms with Gasteiger partial charge in [0.2, 0.25) is 0 Å². The second kappa shape index (κ2) is 7.78. The molecule has 0 aromatic heterocycles. The lowest BCUT2D eigenvalue weighted by Crippen LogP contribution is -2.60. The Morgan fingerprint density at radius 1 is 0.926 bits per heavy atom. The third-order valence-electron chi connectivity index (χ3n) is 8.32. The molecule has 0 aromatic rings. The summed E-state index contributed by atoms with van der Waals surface area (Å²) >= 11 is 0. The van der Waals surface area contributed by atoms with Gasteiger partial charge in [-0.15, -0.1) is 12.4 Å². The maximum Gasteiger partial charge on any atom is 0.0900 e. The second-order valence-corrected chi connectivity index (χ2v) is 11.7. The van der Waals surface area contributed by atoms with E-state index in [1.165, 1.54) is 57.8 Å². The van der Waals surface area contributed by atoms with Crippen molar-refractivity contribution in [2.45, 2.75) is 103 Å². The minimum atomic E-state index is -0.374. The monoisotopic (exact) mass is 399 g/mol. The average molecular weight is 400 g/mol. The highest BCUT2D eigenvalue weighted by molar-refractivity contribution is 5.85. The van der Waals surface area contributed by atoms with Crippen molar-refractivity contribution in [3.8, 4) is 0 Å². The Balaban J connectivity index is 0.00000210. The number of piperidine rings is 1. The minimum absolute atomic E-state index is 0. The molecule has 0 radical (unpaired) electrons. The quantitative estimate of drug-likeness (QED) is 0.678. The topological polar surface area (TPSA) is 32.7 Å². The van der Waals surface area contributed by atoms with Crippen molar-refractivity contribution < 1.29 is 9.84 Å². The Labute approximate surface area is 173 Å². The standard InChI is InChI=1S/C23H41NO2.ClH/c1-21(2)6-5-7-22(3,4)24(21)14-20(25)15-26-16-23-11-17-8-18(12-23)10-19(9-17)13-23;/h17-20,25H,5-16H2,1-4H3;1H. The third-order valence-corrected chi connectivity index (χ3v) is 8.32. The molecule has 4 bridgehead atoms. The van der Waals surface area contributed by atoms with Crippen LogP contribution in [0.1, 0.15) is 85.5 Å². The molecule has 1 saturated heterocycles. The zero-order chi connectivity index (χ0) is 18.6. The van der Waals surface area contributed by atoms with Crippen LogP contribution in [0.4, 0.5) is 0 Å². The Hall–Kier alpha value is 0.170. The van der Waals surface area contributed by atoms with Crippen molar-refractivity contribution in [3.63, 3.8) is 0 Å². The summed E-state index contributed by atoms with van der Waals surface area (Å²) in [6, 6.07) is 0. The van der Waals surface area contributed by atoms with Gasteiger partial charge in [0.1, 0.15) is 0 Å². The van der Waals surface area contributed by atoms with Gasteiger partial charge in [0.25, 0.3) is 0 Å². The molecule has 27 heavy (non-hydrogen) atoms. The SMILES string of the molecule is CC1(C)CCCC(C)(C)N1CC(O)COCC12CC3CC(CC(C3)C1)C2.Cl. The zero-order valence-electron chi connectivity index (χ0n) is 18.0. The Kier molecular flexibility index (Phi) is 6.30. The van der Waals surface area contributed by atoms with Crippen molar-refractivity contribution in [1.82, 2.24) is 4.90 Å². The molecule has 158 valence electrons. The van der Waals surface area contributed by atoms with Gasteiger partial charge in [-0.1, -0.05) is 0 Å². The average Bonchev–Trinajstić information content (AvgIpc) is 2.49. The molecule has 4 aliphatic carbocycles. The van der Waals surface area contributed by atoms with E-state index in [9.17, 15) is 5.11 Å². The van der Waals surface area contributed by atoms with Gasteiger partial charge in [-0.25, -0.2) is 0 Å². The summed E-state index contributed by atoms with van der Waals surface area (Å²) in [5.74, 6) is 2.93. The summed E-state index contributed by atoms with van der Waals surface area (Å²) in [4.78, 5) is 2.53. The van der Waals surface area contributed by atoms with Gasteiger partial charge in [-0.2, -0.15) is 0 Å². The smallest absolute Gasteiger partial charge is 0.0900 e. The minimum Gasteiger partial charge on any atom is -0.389 e. The van der Waals surface area contributed by atoms with Gasteiger partial charge in [-0.3, -0.25) is 4.90 Å². The molecule has 1 N–H and O–H groups in total. The fourth-order valence-corrected chi connectivity index (χ4v) is 7.68. The van der Waals surface area contributed by atoms with E-state index in [0.717, 1.165) is 30.9 Å². The molecule has 1 heterocycles. The molecule has 5 rings (SSSR count). The Morgan fingerprint density at radius 2 is 1.41 bits per heavy atom. The molecule has 1 unspecified atom stereocenters. The summed E-state index contributed by atoms with van der Waals surface area (Å²) in [5.41, 5.74) is 0.795. The van der Waals surface area contributed by atoms with Gasteiger partial charge in [0.15, 0.2) is 0 Å². The van der Waals surface area contributed by atoms with Crippen LogP contribution in [0.25, 0.3) is 0 Å². The zero-order valence-corrected chi connectivity index (χ0v) is 18.8. The molecule has 1 atom stereocenters. The molecule has 1 aliphatic heterocycles. The molecule has 5 fully saturated rings. The third kappa shape index (κ3) is 4.52. The predicted octanol–water partition coefficient (Wildman–Crippen LogP) is 5.05.